The first kappa shape index (κ1) is 17.4. The van der Waals surface area contributed by atoms with Crippen molar-refractivity contribution in [1.29, 1.82) is 0 Å². The molecular formula is C14H25N5OS. The van der Waals surface area contributed by atoms with E-state index in [1.165, 1.54) is 11.3 Å². The summed E-state index contributed by atoms with van der Waals surface area (Å²) >= 11 is 1.36. The fraction of sp³-hybridized carbons (Fsp3) is 0.643. The zero-order chi connectivity index (χ0) is 15.7. The summed E-state index contributed by atoms with van der Waals surface area (Å²) in [6.45, 7) is 10.9. The van der Waals surface area contributed by atoms with E-state index in [1.54, 1.807) is 5.51 Å². The highest BCUT2D eigenvalue weighted by Gasteiger charge is 2.10. The molecule has 3 N–H and O–H groups in total. The summed E-state index contributed by atoms with van der Waals surface area (Å²) in [7, 11) is 0. The zero-order valence-electron chi connectivity index (χ0n) is 13.2. The Hall–Kier alpha value is -1.63. The number of thiazole rings is 1. The van der Waals surface area contributed by atoms with Crippen LogP contribution in [0.1, 0.15) is 36.1 Å². The van der Waals surface area contributed by atoms with Crippen molar-refractivity contribution in [3.05, 3.63) is 16.1 Å². The maximum Gasteiger partial charge on any atom is 0.263 e. The fourth-order valence-electron chi connectivity index (χ4n) is 1.57. The smallest absolute Gasteiger partial charge is 0.263 e. The quantitative estimate of drug-likeness (QED) is 0.404. The Kier molecular flexibility index (Phi) is 7.74. The van der Waals surface area contributed by atoms with Crippen LogP contribution in [0, 0.1) is 12.8 Å². The summed E-state index contributed by atoms with van der Waals surface area (Å²) in [6, 6.07) is 0. The molecule has 0 bridgehead atoms. The summed E-state index contributed by atoms with van der Waals surface area (Å²) in [4.78, 5) is 21.1. The van der Waals surface area contributed by atoms with Crippen molar-refractivity contribution in [3.63, 3.8) is 0 Å². The number of aryl methyl sites for hydroxylation is 1. The van der Waals surface area contributed by atoms with Crippen LogP contribution in [0.4, 0.5) is 0 Å². The third kappa shape index (κ3) is 6.57. The zero-order valence-corrected chi connectivity index (χ0v) is 14.0. The van der Waals surface area contributed by atoms with Crippen molar-refractivity contribution in [3.8, 4) is 0 Å². The number of guanidine groups is 1. The molecule has 0 aromatic carbocycles. The summed E-state index contributed by atoms with van der Waals surface area (Å²) in [5.74, 6) is 1.24. The molecule has 0 radical (unpaired) electrons. The van der Waals surface area contributed by atoms with E-state index in [0.29, 0.717) is 23.9 Å². The van der Waals surface area contributed by atoms with Gasteiger partial charge in [0.15, 0.2) is 5.96 Å². The molecule has 0 unspecified atom stereocenters. The van der Waals surface area contributed by atoms with Gasteiger partial charge in [-0.3, -0.25) is 9.79 Å². The van der Waals surface area contributed by atoms with E-state index in [0.717, 1.165) is 24.7 Å². The van der Waals surface area contributed by atoms with Gasteiger partial charge in [-0.1, -0.05) is 13.8 Å². The second kappa shape index (κ2) is 9.33. The van der Waals surface area contributed by atoms with E-state index in [1.807, 2.05) is 13.8 Å². The topological polar surface area (TPSA) is 78.4 Å². The average molecular weight is 311 g/mol. The van der Waals surface area contributed by atoms with Crippen LogP contribution in [0.3, 0.4) is 0 Å². The van der Waals surface area contributed by atoms with Gasteiger partial charge in [0, 0.05) is 26.2 Å². The molecule has 1 aromatic heterocycles. The highest BCUT2D eigenvalue weighted by Crippen LogP contribution is 2.10. The minimum Gasteiger partial charge on any atom is -0.357 e. The molecular weight excluding hydrogens is 286 g/mol. The van der Waals surface area contributed by atoms with Crippen molar-refractivity contribution in [1.82, 2.24) is 20.9 Å². The second-order valence-electron chi connectivity index (χ2n) is 5.06. The molecule has 0 aliphatic carbocycles. The predicted molar refractivity (Wildman–Crippen MR) is 88.0 cm³/mol. The molecule has 1 amide bonds. The van der Waals surface area contributed by atoms with E-state index >= 15 is 0 Å². The van der Waals surface area contributed by atoms with Crippen molar-refractivity contribution in [2.45, 2.75) is 27.7 Å². The van der Waals surface area contributed by atoms with Crippen LogP contribution in [0.2, 0.25) is 0 Å². The van der Waals surface area contributed by atoms with E-state index in [-0.39, 0.29) is 5.91 Å². The largest absolute Gasteiger partial charge is 0.357 e. The first-order valence-corrected chi connectivity index (χ1v) is 8.13. The van der Waals surface area contributed by atoms with E-state index in [2.05, 4.69) is 39.8 Å². The monoisotopic (exact) mass is 311 g/mol. The highest BCUT2D eigenvalue weighted by molar-refractivity contribution is 7.11. The standard InChI is InChI=1S/C14H25N5OS/c1-5-15-14(18-8-10(2)3)17-7-6-16-13(20)12-11(4)19-9-21-12/h9-10H,5-8H2,1-4H3,(H,16,20)(H2,15,17,18). The Balaban J connectivity index is 2.32. The van der Waals surface area contributed by atoms with Gasteiger partial charge in [-0.25, -0.2) is 4.98 Å². The molecule has 1 rings (SSSR count). The van der Waals surface area contributed by atoms with Crippen LogP contribution in [0.5, 0.6) is 0 Å². The number of carbonyl (C=O) groups is 1. The van der Waals surface area contributed by atoms with E-state index in [9.17, 15) is 4.79 Å². The van der Waals surface area contributed by atoms with Crippen molar-refractivity contribution in [2.24, 2.45) is 10.9 Å². The number of hydrogen-bond acceptors (Lipinski definition) is 4. The fourth-order valence-corrected chi connectivity index (χ4v) is 2.29. The Morgan fingerprint density at radius 3 is 2.62 bits per heavy atom. The SMILES string of the molecule is CCNC(=NCC(C)C)NCCNC(=O)c1scnc1C. The number of carbonyl (C=O) groups excluding carboxylic acids is 1. The number of aliphatic imine (C=N–C) groups is 1. The average Bonchev–Trinajstić information content (AvgIpc) is 2.86. The van der Waals surface area contributed by atoms with Gasteiger partial charge in [0.25, 0.3) is 5.91 Å². The lowest BCUT2D eigenvalue weighted by Crippen LogP contribution is -2.41. The van der Waals surface area contributed by atoms with Gasteiger partial charge in [0.05, 0.1) is 11.2 Å². The Labute approximate surface area is 130 Å². The molecule has 1 heterocycles. The Morgan fingerprint density at radius 2 is 2.05 bits per heavy atom. The molecule has 1 aromatic rings. The molecule has 0 aliphatic heterocycles. The van der Waals surface area contributed by atoms with Gasteiger partial charge in [-0.2, -0.15) is 0 Å². The number of amides is 1. The number of nitrogens with one attached hydrogen (secondary N) is 3. The van der Waals surface area contributed by atoms with Gasteiger partial charge < -0.3 is 16.0 Å². The summed E-state index contributed by atoms with van der Waals surface area (Å²) in [6.07, 6.45) is 0. The number of nitrogens with zero attached hydrogens (tertiary/aromatic N) is 2. The Bertz CT molecular complexity index is 470. The van der Waals surface area contributed by atoms with Crippen molar-refractivity contribution < 1.29 is 4.79 Å². The molecule has 0 aliphatic rings. The molecule has 6 nitrogen and oxygen atoms in total. The molecule has 0 atom stereocenters. The van der Waals surface area contributed by atoms with Crippen molar-refractivity contribution >= 4 is 23.2 Å². The molecule has 0 fully saturated rings. The van der Waals surface area contributed by atoms with Crippen LogP contribution in [0.25, 0.3) is 0 Å². The second-order valence-corrected chi connectivity index (χ2v) is 5.92. The molecule has 0 saturated carbocycles. The van der Waals surface area contributed by atoms with Gasteiger partial charge in [0.2, 0.25) is 0 Å². The van der Waals surface area contributed by atoms with Gasteiger partial charge in [0.1, 0.15) is 4.88 Å². The lowest BCUT2D eigenvalue weighted by atomic mass is 10.2. The van der Waals surface area contributed by atoms with Gasteiger partial charge >= 0.3 is 0 Å². The summed E-state index contributed by atoms with van der Waals surface area (Å²) in [5, 5.41) is 9.26. The van der Waals surface area contributed by atoms with E-state index < -0.39 is 0 Å². The highest BCUT2D eigenvalue weighted by atomic mass is 32.1. The summed E-state index contributed by atoms with van der Waals surface area (Å²) < 4.78 is 0. The summed E-state index contributed by atoms with van der Waals surface area (Å²) in [5.41, 5.74) is 2.46. The van der Waals surface area contributed by atoms with Crippen LogP contribution in [0.15, 0.2) is 10.5 Å². The van der Waals surface area contributed by atoms with Crippen LogP contribution in [-0.2, 0) is 0 Å². The predicted octanol–water partition coefficient (Wildman–Crippen LogP) is 1.39. The normalized spacial score (nSPS) is 11.6. The minimum absolute atomic E-state index is 0.0686. The number of aromatic nitrogens is 1. The maximum absolute atomic E-state index is 11.9. The molecule has 0 saturated heterocycles. The van der Waals surface area contributed by atoms with E-state index in [4.69, 9.17) is 0 Å². The van der Waals surface area contributed by atoms with Crippen LogP contribution < -0.4 is 16.0 Å². The Morgan fingerprint density at radius 1 is 1.33 bits per heavy atom. The van der Waals surface area contributed by atoms with Crippen molar-refractivity contribution in [2.75, 3.05) is 26.2 Å². The number of hydrogen-bond donors (Lipinski definition) is 3. The lowest BCUT2D eigenvalue weighted by Gasteiger charge is -2.12. The first-order chi connectivity index (χ1) is 10.0. The molecule has 0 spiro atoms. The van der Waals surface area contributed by atoms with Crippen LogP contribution >= 0.6 is 11.3 Å². The molecule has 21 heavy (non-hydrogen) atoms. The van der Waals surface area contributed by atoms with Gasteiger partial charge in [-0.15, -0.1) is 11.3 Å². The third-order valence-electron chi connectivity index (χ3n) is 2.61. The lowest BCUT2D eigenvalue weighted by molar-refractivity contribution is 0.0957. The van der Waals surface area contributed by atoms with Crippen LogP contribution in [-0.4, -0.2) is 43.0 Å². The minimum atomic E-state index is -0.0686. The van der Waals surface area contributed by atoms with Gasteiger partial charge in [-0.05, 0) is 19.8 Å². The third-order valence-corrected chi connectivity index (χ3v) is 3.54. The maximum atomic E-state index is 11.9. The molecule has 7 heteroatoms. The first-order valence-electron chi connectivity index (χ1n) is 7.25. The molecule has 118 valence electrons. The number of rotatable bonds is 7.